The maximum absolute atomic E-state index is 12.3. The molecule has 33 heavy (non-hydrogen) atoms. The molecule has 0 aliphatic heterocycles. The van der Waals surface area contributed by atoms with Crippen molar-refractivity contribution in [3.8, 4) is 28.6 Å². The van der Waals surface area contributed by atoms with Gasteiger partial charge in [-0.3, -0.25) is 9.36 Å². The van der Waals surface area contributed by atoms with Crippen LogP contribution >= 0.6 is 11.8 Å². The van der Waals surface area contributed by atoms with Crippen molar-refractivity contribution < 1.29 is 18.7 Å². The van der Waals surface area contributed by atoms with Gasteiger partial charge >= 0.3 is 0 Å². The van der Waals surface area contributed by atoms with Gasteiger partial charge in [-0.05, 0) is 60.7 Å². The van der Waals surface area contributed by atoms with Crippen LogP contribution in [0.5, 0.6) is 11.5 Å². The molecular weight excluding hydrogens is 442 g/mol. The standard InChI is InChI=1S/C23H21N5O4S/c1-30-18-9-5-16(6-10-18)22-26-27-23(28(22)17-7-11-19(31-2)12-8-17)33-15-21(29)25-24-14-20-4-3-13-32-20/h3-14H,15H2,1-2H3,(H,25,29)/b24-14-. The topological polar surface area (TPSA) is 104 Å². The van der Waals surface area contributed by atoms with Gasteiger partial charge in [0, 0.05) is 11.3 Å². The Balaban J connectivity index is 1.56. The van der Waals surface area contributed by atoms with E-state index >= 15 is 0 Å². The van der Waals surface area contributed by atoms with Crippen molar-refractivity contribution in [3.63, 3.8) is 0 Å². The molecule has 9 nitrogen and oxygen atoms in total. The average Bonchev–Trinajstić information content (AvgIpc) is 3.53. The van der Waals surface area contributed by atoms with Crippen LogP contribution in [0, 0.1) is 0 Å². The Kier molecular flexibility index (Phi) is 7.06. The molecule has 1 N–H and O–H groups in total. The second-order valence-electron chi connectivity index (χ2n) is 6.67. The molecule has 10 heteroatoms. The summed E-state index contributed by atoms with van der Waals surface area (Å²) in [5.74, 6) is 2.49. The molecule has 0 radical (unpaired) electrons. The molecule has 2 aromatic carbocycles. The Morgan fingerprint density at radius 2 is 1.76 bits per heavy atom. The summed E-state index contributed by atoms with van der Waals surface area (Å²) in [6, 6.07) is 18.6. The first kappa shape index (κ1) is 22.2. The van der Waals surface area contributed by atoms with E-state index in [-0.39, 0.29) is 11.7 Å². The number of nitrogens with one attached hydrogen (secondary N) is 1. The Labute approximate surface area is 194 Å². The van der Waals surface area contributed by atoms with Crippen LogP contribution in [0.15, 0.2) is 81.6 Å². The van der Waals surface area contributed by atoms with Gasteiger partial charge in [0.15, 0.2) is 11.0 Å². The summed E-state index contributed by atoms with van der Waals surface area (Å²) in [4.78, 5) is 12.3. The lowest BCUT2D eigenvalue weighted by Gasteiger charge is -2.11. The predicted molar refractivity (Wildman–Crippen MR) is 125 cm³/mol. The van der Waals surface area contributed by atoms with Crippen LogP contribution in [0.25, 0.3) is 17.1 Å². The summed E-state index contributed by atoms with van der Waals surface area (Å²) in [5, 5.41) is 13.2. The number of carbonyl (C=O) groups is 1. The minimum atomic E-state index is -0.280. The Bertz CT molecular complexity index is 1220. The summed E-state index contributed by atoms with van der Waals surface area (Å²) < 4.78 is 17.6. The van der Waals surface area contributed by atoms with E-state index in [2.05, 4.69) is 20.7 Å². The smallest absolute Gasteiger partial charge is 0.250 e. The molecule has 2 aromatic heterocycles. The van der Waals surface area contributed by atoms with E-state index < -0.39 is 0 Å². The van der Waals surface area contributed by atoms with E-state index in [1.807, 2.05) is 53.1 Å². The van der Waals surface area contributed by atoms with Gasteiger partial charge < -0.3 is 13.9 Å². The SMILES string of the molecule is COc1ccc(-c2nnc(SCC(=O)N/N=C\c3ccco3)n2-c2ccc(OC)cc2)cc1. The molecule has 0 saturated heterocycles. The molecule has 0 aliphatic carbocycles. The van der Waals surface area contributed by atoms with Crippen molar-refractivity contribution in [2.24, 2.45) is 5.10 Å². The van der Waals surface area contributed by atoms with Crippen molar-refractivity contribution in [3.05, 3.63) is 72.7 Å². The summed E-state index contributed by atoms with van der Waals surface area (Å²) in [6.07, 6.45) is 2.97. The molecule has 0 aliphatic rings. The van der Waals surface area contributed by atoms with Crippen molar-refractivity contribution in [1.82, 2.24) is 20.2 Å². The molecule has 4 aromatic rings. The summed E-state index contributed by atoms with van der Waals surface area (Å²) in [6.45, 7) is 0. The van der Waals surface area contributed by atoms with Gasteiger partial charge in [0.05, 0.1) is 32.5 Å². The second kappa shape index (κ2) is 10.5. The number of aromatic nitrogens is 3. The summed E-state index contributed by atoms with van der Waals surface area (Å²) in [5.41, 5.74) is 4.18. The van der Waals surface area contributed by atoms with Gasteiger partial charge in [-0.2, -0.15) is 5.10 Å². The lowest BCUT2D eigenvalue weighted by molar-refractivity contribution is -0.118. The maximum Gasteiger partial charge on any atom is 0.250 e. The fourth-order valence-corrected chi connectivity index (χ4v) is 3.69. The third-order valence-electron chi connectivity index (χ3n) is 4.57. The third-order valence-corrected chi connectivity index (χ3v) is 5.50. The van der Waals surface area contributed by atoms with Crippen molar-refractivity contribution in [2.75, 3.05) is 20.0 Å². The molecular formula is C23H21N5O4S. The zero-order valence-electron chi connectivity index (χ0n) is 18.0. The van der Waals surface area contributed by atoms with Crippen LogP contribution in [0.3, 0.4) is 0 Å². The Morgan fingerprint density at radius 3 is 2.39 bits per heavy atom. The third kappa shape index (κ3) is 5.42. The van der Waals surface area contributed by atoms with Crippen molar-refractivity contribution in [2.45, 2.75) is 5.16 Å². The molecule has 0 atom stereocenters. The zero-order chi connectivity index (χ0) is 23.0. The molecule has 2 heterocycles. The molecule has 0 unspecified atom stereocenters. The Hall–Kier alpha value is -4.05. The monoisotopic (exact) mass is 463 g/mol. The van der Waals surface area contributed by atoms with E-state index in [0.29, 0.717) is 16.7 Å². The van der Waals surface area contributed by atoms with Crippen LogP contribution in [0.1, 0.15) is 5.76 Å². The highest BCUT2D eigenvalue weighted by Gasteiger charge is 2.17. The van der Waals surface area contributed by atoms with Crippen LogP contribution < -0.4 is 14.9 Å². The number of carbonyl (C=O) groups excluding carboxylic acids is 1. The fraction of sp³-hybridized carbons (Fsp3) is 0.130. The molecule has 1 amide bonds. The zero-order valence-corrected chi connectivity index (χ0v) is 18.8. The number of furan rings is 1. The van der Waals surface area contributed by atoms with Crippen molar-refractivity contribution >= 4 is 23.9 Å². The molecule has 4 rings (SSSR count). The summed E-state index contributed by atoms with van der Waals surface area (Å²) in [7, 11) is 3.23. The number of nitrogens with zero attached hydrogens (tertiary/aromatic N) is 4. The number of hydrogen-bond donors (Lipinski definition) is 1. The lowest BCUT2D eigenvalue weighted by atomic mass is 10.2. The van der Waals surface area contributed by atoms with Gasteiger partial charge in [-0.1, -0.05) is 11.8 Å². The van der Waals surface area contributed by atoms with E-state index in [4.69, 9.17) is 13.9 Å². The van der Waals surface area contributed by atoms with Crippen molar-refractivity contribution in [1.29, 1.82) is 0 Å². The number of rotatable bonds is 9. The highest BCUT2D eigenvalue weighted by molar-refractivity contribution is 7.99. The molecule has 168 valence electrons. The van der Waals surface area contributed by atoms with E-state index in [1.165, 1.54) is 24.2 Å². The molecule has 0 bridgehead atoms. The maximum atomic E-state index is 12.3. The number of ether oxygens (including phenoxy) is 2. The van der Waals surface area contributed by atoms with Gasteiger partial charge in [-0.15, -0.1) is 10.2 Å². The normalized spacial score (nSPS) is 11.0. The number of methoxy groups -OCH3 is 2. The minimum Gasteiger partial charge on any atom is -0.497 e. The second-order valence-corrected chi connectivity index (χ2v) is 7.61. The number of benzene rings is 2. The number of hydrazone groups is 1. The number of amides is 1. The largest absolute Gasteiger partial charge is 0.497 e. The quantitative estimate of drug-likeness (QED) is 0.229. The van der Waals surface area contributed by atoms with E-state index in [0.717, 1.165) is 22.7 Å². The van der Waals surface area contributed by atoms with Gasteiger partial charge in [0.25, 0.3) is 5.91 Å². The highest BCUT2D eigenvalue weighted by Crippen LogP contribution is 2.29. The number of hydrogen-bond acceptors (Lipinski definition) is 8. The predicted octanol–water partition coefficient (Wildman–Crippen LogP) is 3.79. The first-order chi connectivity index (χ1) is 16.2. The van der Waals surface area contributed by atoms with E-state index in [9.17, 15) is 4.79 Å². The highest BCUT2D eigenvalue weighted by atomic mass is 32.2. The average molecular weight is 464 g/mol. The van der Waals surface area contributed by atoms with Crippen LogP contribution in [0.4, 0.5) is 0 Å². The fourth-order valence-electron chi connectivity index (χ4n) is 2.95. The van der Waals surface area contributed by atoms with Gasteiger partial charge in [-0.25, -0.2) is 5.43 Å². The number of thioether (sulfide) groups is 1. The van der Waals surface area contributed by atoms with Gasteiger partial charge in [0.1, 0.15) is 17.3 Å². The Morgan fingerprint density at radius 1 is 1.06 bits per heavy atom. The van der Waals surface area contributed by atoms with Crippen LogP contribution in [-0.2, 0) is 4.79 Å². The van der Waals surface area contributed by atoms with Crippen LogP contribution in [0.2, 0.25) is 0 Å². The molecule has 0 saturated carbocycles. The molecule has 0 spiro atoms. The first-order valence-corrected chi connectivity index (χ1v) is 10.9. The van der Waals surface area contributed by atoms with Gasteiger partial charge in [0.2, 0.25) is 0 Å². The summed E-state index contributed by atoms with van der Waals surface area (Å²) >= 11 is 1.26. The minimum absolute atomic E-state index is 0.104. The molecule has 0 fully saturated rings. The first-order valence-electron chi connectivity index (χ1n) is 9.90. The van der Waals surface area contributed by atoms with E-state index in [1.54, 1.807) is 26.4 Å². The van der Waals surface area contributed by atoms with Crippen LogP contribution in [-0.4, -0.2) is 46.9 Å². The lowest BCUT2D eigenvalue weighted by Crippen LogP contribution is -2.19.